The number of benzene rings is 1. The molecule has 0 saturated carbocycles. The molecule has 0 radical (unpaired) electrons. The molecular weight excluding hydrogens is 338 g/mol. The van der Waals surface area contributed by atoms with Crippen LogP contribution in [-0.4, -0.2) is 37.8 Å². The molecule has 0 bridgehead atoms. The van der Waals surface area contributed by atoms with Gasteiger partial charge in [0.15, 0.2) is 10.7 Å². The van der Waals surface area contributed by atoms with Crippen molar-refractivity contribution in [1.29, 1.82) is 0 Å². The van der Waals surface area contributed by atoms with Gasteiger partial charge >= 0.3 is 0 Å². The van der Waals surface area contributed by atoms with Crippen LogP contribution in [0.3, 0.4) is 0 Å². The predicted molar refractivity (Wildman–Crippen MR) is 88.2 cm³/mol. The van der Waals surface area contributed by atoms with Crippen LogP contribution in [0.5, 0.6) is 0 Å². The van der Waals surface area contributed by atoms with Gasteiger partial charge in [0.1, 0.15) is 5.69 Å². The Morgan fingerprint density at radius 1 is 1.26 bits per heavy atom. The third kappa shape index (κ3) is 3.85. The summed E-state index contributed by atoms with van der Waals surface area (Å²) in [6.45, 7) is 3.09. The second kappa shape index (κ2) is 6.63. The average Bonchev–Trinajstić information content (AvgIpc) is 2.80. The number of nitrogens with zero attached hydrogens (tertiary/aromatic N) is 2. The van der Waals surface area contributed by atoms with Gasteiger partial charge in [0.05, 0.1) is 5.69 Å². The lowest BCUT2D eigenvalue weighted by molar-refractivity contribution is 0.241. The van der Waals surface area contributed by atoms with Crippen LogP contribution >= 0.6 is 11.8 Å². The minimum absolute atomic E-state index is 0.0104. The van der Waals surface area contributed by atoms with Crippen molar-refractivity contribution in [3.05, 3.63) is 35.7 Å². The van der Waals surface area contributed by atoms with Gasteiger partial charge in [-0.1, -0.05) is 17.3 Å². The molecule has 0 aliphatic heterocycles. The predicted octanol–water partition coefficient (Wildman–Crippen LogP) is 2.87. The molecule has 0 saturated heterocycles. The summed E-state index contributed by atoms with van der Waals surface area (Å²) in [6.07, 6.45) is 0. The molecule has 0 atom stereocenters. The second-order valence-corrected chi connectivity index (χ2v) is 7.63. The molecule has 1 aromatic heterocycles. The molecule has 1 aromatic carbocycles. The maximum absolute atomic E-state index is 12.6. The maximum atomic E-state index is 12.6. The summed E-state index contributed by atoms with van der Waals surface area (Å²) in [5.74, 6) is 0.213. The third-order valence-electron chi connectivity index (χ3n) is 2.93. The first-order valence-electron chi connectivity index (χ1n) is 6.66. The summed E-state index contributed by atoms with van der Waals surface area (Å²) in [7, 11) is -0.593. The highest BCUT2D eigenvalue weighted by molar-refractivity contribution is 8.13. The minimum Gasteiger partial charge on any atom is -0.360 e. The van der Waals surface area contributed by atoms with E-state index in [1.165, 1.54) is 11.8 Å². The normalized spacial score (nSPS) is 11.3. The van der Waals surface area contributed by atoms with Crippen molar-refractivity contribution in [3.8, 4) is 0 Å². The maximum Gasteiger partial charge on any atom is 0.286 e. The number of amides is 1. The standard InChI is InChI=1S/C14H17N3O4S2/c1-9-13(10(2)21-15-9)23(19,20)16-11-7-5-6-8-12(11)22-14(18)17(3)4/h5-8,16H,1-4H3. The number of aromatic nitrogens is 1. The van der Waals surface area contributed by atoms with Crippen molar-refractivity contribution >= 4 is 32.7 Å². The molecule has 1 heterocycles. The minimum atomic E-state index is -3.85. The highest BCUT2D eigenvalue weighted by Gasteiger charge is 2.25. The molecule has 1 N–H and O–H groups in total. The van der Waals surface area contributed by atoms with E-state index in [9.17, 15) is 13.2 Å². The Labute approximate surface area is 139 Å². The zero-order valence-electron chi connectivity index (χ0n) is 13.2. The van der Waals surface area contributed by atoms with Gasteiger partial charge in [0, 0.05) is 19.0 Å². The Morgan fingerprint density at radius 3 is 2.48 bits per heavy atom. The fourth-order valence-electron chi connectivity index (χ4n) is 1.88. The fraction of sp³-hybridized carbons (Fsp3) is 0.286. The van der Waals surface area contributed by atoms with Gasteiger partial charge in [0.25, 0.3) is 15.3 Å². The van der Waals surface area contributed by atoms with Crippen molar-refractivity contribution in [3.63, 3.8) is 0 Å². The van der Waals surface area contributed by atoms with Crippen molar-refractivity contribution < 1.29 is 17.7 Å². The highest BCUT2D eigenvalue weighted by atomic mass is 32.2. The first-order chi connectivity index (χ1) is 10.7. The molecule has 0 aliphatic carbocycles. The molecule has 2 aromatic rings. The number of aryl methyl sites for hydroxylation is 2. The quantitative estimate of drug-likeness (QED) is 0.848. The van der Waals surface area contributed by atoms with Gasteiger partial charge < -0.3 is 9.42 Å². The lowest BCUT2D eigenvalue weighted by atomic mass is 10.3. The smallest absolute Gasteiger partial charge is 0.286 e. The number of thioether (sulfide) groups is 1. The van der Waals surface area contributed by atoms with Crippen molar-refractivity contribution in [2.45, 2.75) is 23.6 Å². The topological polar surface area (TPSA) is 92.5 Å². The summed E-state index contributed by atoms with van der Waals surface area (Å²) < 4.78 is 32.5. The van der Waals surface area contributed by atoms with Crippen LogP contribution in [0.2, 0.25) is 0 Å². The summed E-state index contributed by atoms with van der Waals surface area (Å²) in [5.41, 5.74) is 0.609. The Balaban J connectivity index is 2.35. The zero-order chi connectivity index (χ0) is 17.2. The van der Waals surface area contributed by atoms with Crippen LogP contribution in [0.15, 0.2) is 38.6 Å². The fourth-order valence-corrected chi connectivity index (χ4v) is 4.10. The number of carbonyl (C=O) groups excluding carboxylic acids is 1. The number of hydrogen-bond donors (Lipinski definition) is 1. The van der Waals surface area contributed by atoms with Crippen LogP contribution in [0.4, 0.5) is 10.5 Å². The van der Waals surface area contributed by atoms with E-state index < -0.39 is 10.0 Å². The van der Waals surface area contributed by atoms with Crippen LogP contribution in [0.1, 0.15) is 11.5 Å². The molecular formula is C14H17N3O4S2. The molecule has 0 aliphatic rings. The molecule has 7 nitrogen and oxygen atoms in total. The summed E-state index contributed by atoms with van der Waals surface area (Å²) in [6, 6.07) is 6.70. The molecule has 1 amide bonds. The van der Waals surface area contributed by atoms with E-state index in [0.29, 0.717) is 10.6 Å². The van der Waals surface area contributed by atoms with Crippen molar-refractivity contribution in [2.24, 2.45) is 0 Å². The van der Waals surface area contributed by atoms with Gasteiger partial charge in [0.2, 0.25) is 0 Å². The number of nitrogens with one attached hydrogen (secondary N) is 1. The monoisotopic (exact) mass is 355 g/mol. The SMILES string of the molecule is Cc1noc(C)c1S(=O)(=O)Nc1ccccc1SC(=O)N(C)C. The lowest BCUT2D eigenvalue weighted by Crippen LogP contribution is -2.17. The van der Waals surface area contributed by atoms with E-state index in [2.05, 4.69) is 9.88 Å². The zero-order valence-corrected chi connectivity index (χ0v) is 14.8. The van der Waals surface area contributed by atoms with Crippen LogP contribution in [0.25, 0.3) is 0 Å². The van der Waals surface area contributed by atoms with Gasteiger partial charge in [-0.15, -0.1) is 0 Å². The van der Waals surface area contributed by atoms with E-state index in [-0.39, 0.29) is 21.6 Å². The van der Waals surface area contributed by atoms with Gasteiger partial charge in [-0.05, 0) is 37.7 Å². The van der Waals surface area contributed by atoms with Crippen LogP contribution < -0.4 is 4.72 Å². The Morgan fingerprint density at radius 2 is 1.91 bits per heavy atom. The average molecular weight is 355 g/mol. The van der Waals surface area contributed by atoms with Gasteiger partial charge in [-0.25, -0.2) is 8.42 Å². The number of anilines is 1. The Hall–Kier alpha value is -2.00. The van der Waals surface area contributed by atoms with Crippen LogP contribution in [-0.2, 0) is 10.0 Å². The van der Waals surface area contributed by atoms with Crippen molar-refractivity contribution in [2.75, 3.05) is 18.8 Å². The van der Waals surface area contributed by atoms with Crippen LogP contribution in [0, 0.1) is 13.8 Å². The number of rotatable bonds is 4. The van der Waals surface area contributed by atoms with Gasteiger partial charge in [-0.2, -0.15) is 0 Å². The van der Waals surface area contributed by atoms with Crippen molar-refractivity contribution in [1.82, 2.24) is 10.1 Å². The first kappa shape index (κ1) is 17.4. The number of carbonyl (C=O) groups is 1. The summed E-state index contributed by atoms with van der Waals surface area (Å²) >= 11 is 0.946. The second-order valence-electron chi connectivity index (χ2n) is 5.02. The van der Waals surface area contributed by atoms with E-state index in [1.807, 2.05) is 0 Å². The Bertz CT molecular complexity index is 809. The molecule has 124 valence electrons. The van der Waals surface area contributed by atoms with E-state index in [1.54, 1.807) is 45.3 Å². The number of para-hydroxylation sites is 1. The highest BCUT2D eigenvalue weighted by Crippen LogP contribution is 2.31. The molecule has 2 rings (SSSR count). The summed E-state index contributed by atoms with van der Waals surface area (Å²) in [5, 5.41) is 3.46. The number of sulfonamides is 1. The lowest BCUT2D eigenvalue weighted by Gasteiger charge is -2.13. The molecule has 23 heavy (non-hydrogen) atoms. The largest absolute Gasteiger partial charge is 0.360 e. The first-order valence-corrected chi connectivity index (χ1v) is 8.96. The molecule has 9 heteroatoms. The molecule has 0 fully saturated rings. The van der Waals surface area contributed by atoms with E-state index in [4.69, 9.17) is 4.52 Å². The van der Waals surface area contributed by atoms with Gasteiger partial charge in [-0.3, -0.25) is 9.52 Å². The van der Waals surface area contributed by atoms with E-state index in [0.717, 1.165) is 11.8 Å². The molecule has 0 spiro atoms. The van der Waals surface area contributed by atoms with E-state index >= 15 is 0 Å². The molecule has 0 unspecified atom stereocenters. The third-order valence-corrected chi connectivity index (χ3v) is 5.66. The Kier molecular flexibility index (Phi) is 5.00. The number of hydrogen-bond acceptors (Lipinski definition) is 6. The summed E-state index contributed by atoms with van der Waals surface area (Å²) in [4.78, 5) is 13.8.